The van der Waals surface area contributed by atoms with Crippen LogP contribution in [0.5, 0.6) is 5.75 Å². The number of halogens is 2. The molecule has 9 heteroatoms. The second kappa shape index (κ2) is 7.81. The topological polar surface area (TPSA) is 75.7 Å². The summed E-state index contributed by atoms with van der Waals surface area (Å²) in [6, 6.07) is 9.40. The minimum absolute atomic E-state index is 0.0480. The van der Waals surface area contributed by atoms with Crippen LogP contribution in [-0.4, -0.2) is 39.3 Å². The maximum absolute atomic E-state index is 13.0. The van der Waals surface area contributed by atoms with E-state index in [-0.39, 0.29) is 22.3 Å². The van der Waals surface area contributed by atoms with E-state index in [1.165, 1.54) is 38.4 Å². The van der Waals surface area contributed by atoms with Gasteiger partial charge in [0, 0.05) is 19.8 Å². The molecule has 0 fully saturated rings. The number of sulfonamides is 1. The number of amides is 1. The Balaban J connectivity index is 2.03. The molecule has 0 radical (unpaired) electrons. The molecule has 0 aromatic heterocycles. The lowest BCUT2D eigenvalue weighted by atomic mass is 10.3. The number of nitrogens with one attached hydrogen (secondary N) is 1. The fraction of sp³-hybridized carbons (Fsp3) is 0.188. The molecule has 0 aliphatic carbocycles. The number of carbonyl (C=O) groups excluding carboxylic acids is 1. The molecule has 0 saturated carbocycles. The molecule has 0 heterocycles. The number of ether oxygens (including phenoxy) is 1. The summed E-state index contributed by atoms with van der Waals surface area (Å²) in [7, 11) is -0.767. The van der Waals surface area contributed by atoms with E-state index in [0.29, 0.717) is 5.69 Å². The Bertz CT molecular complexity index is 887. The van der Waals surface area contributed by atoms with Crippen molar-refractivity contribution in [2.24, 2.45) is 0 Å². The first-order chi connectivity index (χ1) is 11.7. The van der Waals surface area contributed by atoms with Crippen LogP contribution < -0.4 is 10.1 Å². The van der Waals surface area contributed by atoms with Crippen LogP contribution in [0.4, 0.5) is 10.1 Å². The summed E-state index contributed by atoms with van der Waals surface area (Å²) in [4.78, 5) is 12.0. The first-order valence-corrected chi connectivity index (χ1v) is 8.92. The predicted molar refractivity (Wildman–Crippen MR) is 92.8 cm³/mol. The highest BCUT2D eigenvalue weighted by molar-refractivity contribution is 7.89. The molecular formula is C16H16ClFN2O4S. The maximum Gasteiger partial charge on any atom is 0.262 e. The van der Waals surface area contributed by atoms with E-state index in [2.05, 4.69) is 5.32 Å². The van der Waals surface area contributed by atoms with Gasteiger partial charge in [-0.05, 0) is 36.4 Å². The molecular weight excluding hydrogens is 371 g/mol. The summed E-state index contributed by atoms with van der Waals surface area (Å²) >= 11 is 5.81. The Morgan fingerprint density at radius 2 is 1.96 bits per heavy atom. The number of carbonyl (C=O) groups is 1. The summed E-state index contributed by atoms with van der Waals surface area (Å²) in [5.41, 5.74) is 0.307. The van der Waals surface area contributed by atoms with Gasteiger partial charge < -0.3 is 10.1 Å². The van der Waals surface area contributed by atoms with Crippen LogP contribution in [0.1, 0.15) is 0 Å². The van der Waals surface area contributed by atoms with Gasteiger partial charge in [0.25, 0.3) is 5.91 Å². The van der Waals surface area contributed by atoms with Gasteiger partial charge in [0.15, 0.2) is 6.61 Å². The van der Waals surface area contributed by atoms with Gasteiger partial charge in [0.05, 0.1) is 9.92 Å². The normalized spacial score (nSPS) is 11.4. The molecule has 25 heavy (non-hydrogen) atoms. The average molecular weight is 387 g/mol. The molecule has 0 atom stereocenters. The fourth-order valence-corrected chi connectivity index (χ4v) is 3.05. The summed E-state index contributed by atoms with van der Waals surface area (Å²) in [5, 5.41) is 2.58. The molecule has 2 rings (SSSR count). The van der Waals surface area contributed by atoms with Gasteiger partial charge in [0.1, 0.15) is 11.6 Å². The van der Waals surface area contributed by atoms with Gasteiger partial charge in [-0.15, -0.1) is 0 Å². The largest absolute Gasteiger partial charge is 0.482 e. The van der Waals surface area contributed by atoms with E-state index < -0.39 is 21.7 Å². The third-order valence-corrected chi connectivity index (χ3v) is 5.26. The van der Waals surface area contributed by atoms with E-state index in [4.69, 9.17) is 16.3 Å². The van der Waals surface area contributed by atoms with Crippen molar-refractivity contribution >= 4 is 33.2 Å². The zero-order valence-electron chi connectivity index (χ0n) is 13.5. The lowest BCUT2D eigenvalue weighted by Crippen LogP contribution is -2.23. The third-order valence-electron chi connectivity index (χ3n) is 3.15. The van der Waals surface area contributed by atoms with Crippen LogP contribution in [0.3, 0.4) is 0 Å². The van der Waals surface area contributed by atoms with Crippen LogP contribution in [0.2, 0.25) is 5.02 Å². The number of hydrogen-bond donors (Lipinski definition) is 1. The second-order valence-electron chi connectivity index (χ2n) is 5.23. The Morgan fingerprint density at radius 3 is 2.60 bits per heavy atom. The van der Waals surface area contributed by atoms with E-state index in [1.807, 2.05) is 0 Å². The summed E-state index contributed by atoms with van der Waals surface area (Å²) in [5.74, 6) is -0.859. The third kappa shape index (κ3) is 4.91. The molecule has 0 aliphatic heterocycles. The minimum atomic E-state index is -3.60. The first-order valence-electron chi connectivity index (χ1n) is 7.10. The Labute approximate surface area is 150 Å². The highest BCUT2D eigenvalue weighted by Crippen LogP contribution is 2.25. The SMILES string of the molecule is CN(C)S(=O)(=O)c1cccc(NC(=O)COc2ccc(F)cc2Cl)c1. The summed E-state index contributed by atoms with van der Waals surface area (Å²) < 4.78 is 43.4. The quantitative estimate of drug-likeness (QED) is 0.828. The van der Waals surface area contributed by atoms with Crippen LogP contribution in [0.15, 0.2) is 47.4 Å². The zero-order chi connectivity index (χ0) is 18.6. The van der Waals surface area contributed by atoms with E-state index >= 15 is 0 Å². The molecule has 1 N–H and O–H groups in total. The van der Waals surface area contributed by atoms with Crippen molar-refractivity contribution < 1.29 is 22.3 Å². The number of anilines is 1. The van der Waals surface area contributed by atoms with Gasteiger partial charge in [-0.3, -0.25) is 4.79 Å². The molecule has 0 unspecified atom stereocenters. The van der Waals surface area contributed by atoms with E-state index in [1.54, 1.807) is 6.07 Å². The standard InChI is InChI=1S/C16H16ClFN2O4S/c1-20(2)25(22,23)13-5-3-4-12(9-13)19-16(21)10-24-15-7-6-11(18)8-14(15)17/h3-9H,10H2,1-2H3,(H,19,21). The van der Waals surface area contributed by atoms with Crippen molar-refractivity contribution in [3.8, 4) is 5.75 Å². The Morgan fingerprint density at radius 1 is 1.24 bits per heavy atom. The Kier molecular flexibility index (Phi) is 5.99. The van der Waals surface area contributed by atoms with Gasteiger partial charge >= 0.3 is 0 Å². The van der Waals surface area contributed by atoms with Crippen molar-refractivity contribution in [1.82, 2.24) is 4.31 Å². The average Bonchev–Trinajstić information content (AvgIpc) is 2.54. The molecule has 134 valence electrons. The smallest absolute Gasteiger partial charge is 0.262 e. The minimum Gasteiger partial charge on any atom is -0.482 e. The number of benzene rings is 2. The van der Waals surface area contributed by atoms with Crippen LogP contribution >= 0.6 is 11.6 Å². The monoisotopic (exact) mass is 386 g/mol. The van der Waals surface area contributed by atoms with Crippen molar-refractivity contribution in [2.45, 2.75) is 4.90 Å². The van der Waals surface area contributed by atoms with E-state index in [0.717, 1.165) is 16.4 Å². The maximum atomic E-state index is 13.0. The fourth-order valence-electron chi connectivity index (χ4n) is 1.88. The van der Waals surface area contributed by atoms with Crippen LogP contribution in [0, 0.1) is 5.82 Å². The molecule has 1 amide bonds. The number of nitrogens with zero attached hydrogens (tertiary/aromatic N) is 1. The highest BCUT2D eigenvalue weighted by atomic mass is 35.5. The molecule has 2 aromatic rings. The van der Waals surface area contributed by atoms with Crippen molar-refractivity contribution in [3.05, 3.63) is 53.3 Å². The first kappa shape index (κ1) is 19.2. The lowest BCUT2D eigenvalue weighted by Gasteiger charge is -2.13. The molecule has 0 spiro atoms. The molecule has 0 aliphatic rings. The van der Waals surface area contributed by atoms with Crippen molar-refractivity contribution in [3.63, 3.8) is 0 Å². The Hall–Kier alpha value is -2.16. The van der Waals surface area contributed by atoms with Gasteiger partial charge in [-0.2, -0.15) is 0 Å². The molecule has 6 nitrogen and oxygen atoms in total. The molecule has 2 aromatic carbocycles. The number of hydrogen-bond acceptors (Lipinski definition) is 4. The predicted octanol–water partition coefficient (Wildman–Crippen LogP) is 2.75. The van der Waals surface area contributed by atoms with Gasteiger partial charge in [-0.25, -0.2) is 17.1 Å². The summed E-state index contributed by atoms with van der Waals surface area (Å²) in [6.45, 7) is -0.365. The van der Waals surface area contributed by atoms with Crippen LogP contribution in [-0.2, 0) is 14.8 Å². The highest BCUT2D eigenvalue weighted by Gasteiger charge is 2.17. The van der Waals surface area contributed by atoms with E-state index in [9.17, 15) is 17.6 Å². The molecule has 0 saturated heterocycles. The zero-order valence-corrected chi connectivity index (χ0v) is 15.1. The summed E-state index contributed by atoms with van der Waals surface area (Å²) in [6.07, 6.45) is 0. The number of rotatable bonds is 6. The second-order valence-corrected chi connectivity index (χ2v) is 7.79. The molecule has 0 bridgehead atoms. The lowest BCUT2D eigenvalue weighted by molar-refractivity contribution is -0.118. The van der Waals surface area contributed by atoms with Crippen molar-refractivity contribution in [2.75, 3.05) is 26.0 Å². The van der Waals surface area contributed by atoms with Crippen LogP contribution in [0.25, 0.3) is 0 Å². The van der Waals surface area contributed by atoms with Gasteiger partial charge in [-0.1, -0.05) is 17.7 Å². The van der Waals surface area contributed by atoms with Crippen molar-refractivity contribution in [1.29, 1.82) is 0 Å². The van der Waals surface area contributed by atoms with Gasteiger partial charge in [0.2, 0.25) is 10.0 Å².